The van der Waals surface area contributed by atoms with E-state index >= 15 is 0 Å². The van der Waals surface area contributed by atoms with Crippen molar-refractivity contribution < 1.29 is 4.74 Å². The van der Waals surface area contributed by atoms with Gasteiger partial charge in [-0.3, -0.25) is 9.88 Å². The average molecular weight is 501 g/mol. The molecule has 1 heterocycles. The van der Waals surface area contributed by atoms with E-state index in [-0.39, 0.29) is 6.10 Å². The van der Waals surface area contributed by atoms with Crippen LogP contribution in [0.4, 0.5) is 0 Å². The smallest absolute Gasteiger partial charge is 0.128 e. The Kier molecular flexibility index (Phi) is 11.7. The lowest BCUT2D eigenvalue weighted by atomic mass is 9.94. The highest BCUT2D eigenvalue weighted by Crippen LogP contribution is 2.34. The molecule has 0 atom stereocenters. The van der Waals surface area contributed by atoms with Crippen molar-refractivity contribution in [3.05, 3.63) is 82.5 Å². The number of pyridine rings is 1. The lowest BCUT2D eigenvalue weighted by molar-refractivity contribution is 0.224. The summed E-state index contributed by atoms with van der Waals surface area (Å²) in [5.74, 6) is 0.990. The summed E-state index contributed by atoms with van der Waals surface area (Å²) in [6, 6.07) is 19.7. The van der Waals surface area contributed by atoms with Gasteiger partial charge in [-0.05, 0) is 69.7 Å². The number of nitrogens with zero attached hydrogens (tertiary/aromatic N) is 2. The van der Waals surface area contributed by atoms with Gasteiger partial charge in [0.05, 0.1) is 11.8 Å². The molecule has 3 aromatic rings. The Hall–Kier alpha value is -2.65. The SMILES string of the molecule is CCCCCCN(CCc1ccccc1)Cc1c(OC(C)C)cc(-c2c(CC)cccc2CC)nc1C. The molecule has 0 saturated heterocycles. The molecule has 0 N–H and O–H groups in total. The summed E-state index contributed by atoms with van der Waals surface area (Å²) in [6.07, 6.45) is 8.26. The highest BCUT2D eigenvalue weighted by molar-refractivity contribution is 5.70. The molecule has 0 radical (unpaired) electrons. The monoisotopic (exact) mass is 500 g/mol. The van der Waals surface area contributed by atoms with E-state index in [1.807, 2.05) is 0 Å². The summed E-state index contributed by atoms with van der Waals surface area (Å²) < 4.78 is 6.48. The predicted molar refractivity (Wildman–Crippen MR) is 158 cm³/mol. The van der Waals surface area contributed by atoms with Crippen LogP contribution >= 0.6 is 0 Å². The topological polar surface area (TPSA) is 25.4 Å². The second-order valence-corrected chi connectivity index (χ2v) is 10.5. The van der Waals surface area contributed by atoms with Crippen molar-refractivity contribution in [2.75, 3.05) is 13.1 Å². The third kappa shape index (κ3) is 8.43. The first-order valence-corrected chi connectivity index (χ1v) is 14.5. The normalized spacial score (nSPS) is 11.5. The van der Waals surface area contributed by atoms with Crippen LogP contribution in [0.3, 0.4) is 0 Å². The molecule has 0 aliphatic carbocycles. The van der Waals surface area contributed by atoms with Gasteiger partial charge >= 0.3 is 0 Å². The summed E-state index contributed by atoms with van der Waals surface area (Å²) in [4.78, 5) is 7.81. The van der Waals surface area contributed by atoms with Crippen molar-refractivity contribution in [2.24, 2.45) is 0 Å². The molecular formula is C34H48N2O. The van der Waals surface area contributed by atoms with Crippen molar-refractivity contribution >= 4 is 0 Å². The van der Waals surface area contributed by atoms with Gasteiger partial charge < -0.3 is 4.74 Å². The van der Waals surface area contributed by atoms with Crippen molar-refractivity contribution in [1.82, 2.24) is 9.88 Å². The van der Waals surface area contributed by atoms with Crippen LogP contribution in [0.15, 0.2) is 54.6 Å². The van der Waals surface area contributed by atoms with Crippen LogP contribution < -0.4 is 4.74 Å². The molecule has 0 saturated carbocycles. The second kappa shape index (κ2) is 14.9. The predicted octanol–water partition coefficient (Wildman–Crippen LogP) is 8.59. The van der Waals surface area contributed by atoms with Gasteiger partial charge in [-0.1, -0.05) is 88.6 Å². The van der Waals surface area contributed by atoms with Gasteiger partial charge in [0.1, 0.15) is 5.75 Å². The van der Waals surface area contributed by atoms with Gasteiger partial charge in [-0.2, -0.15) is 0 Å². The zero-order valence-electron chi connectivity index (χ0n) is 24.1. The first-order valence-electron chi connectivity index (χ1n) is 14.5. The molecule has 0 amide bonds. The van der Waals surface area contributed by atoms with Gasteiger partial charge in [0.25, 0.3) is 0 Å². The molecule has 2 aromatic carbocycles. The molecular weight excluding hydrogens is 452 g/mol. The van der Waals surface area contributed by atoms with E-state index < -0.39 is 0 Å². The minimum absolute atomic E-state index is 0.114. The maximum Gasteiger partial charge on any atom is 0.128 e. The highest BCUT2D eigenvalue weighted by atomic mass is 16.5. The molecule has 0 bridgehead atoms. The van der Waals surface area contributed by atoms with E-state index in [0.717, 1.165) is 56.0 Å². The fraction of sp³-hybridized carbons (Fsp3) is 0.500. The van der Waals surface area contributed by atoms with Crippen molar-refractivity contribution in [1.29, 1.82) is 0 Å². The van der Waals surface area contributed by atoms with Gasteiger partial charge in [-0.15, -0.1) is 0 Å². The van der Waals surface area contributed by atoms with Gasteiger partial charge in [-0.25, -0.2) is 0 Å². The van der Waals surface area contributed by atoms with Gasteiger partial charge in [0.15, 0.2) is 0 Å². The van der Waals surface area contributed by atoms with Crippen LogP contribution in [0.25, 0.3) is 11.3 Å². The first-order chi connectivity index (χ1) is 18.0. The number of ether oxygens (including phenoxy) is 1. The summed E-state index contributed by atoms with van der Waals surface area (Å²) in [5, 5.41) is 0. The van der Waals surface area contributed by atoms with E-state index in [9.17, 15) is 0 Å². The van der Waals surface area contributed by atoms with Crippen LogP contribution in [0.2, 0.25) is 0 Å². The molecule has 37 heavy (non-hydrogen) atoms. The number of hydrogen-bond donors (Lipinski definition) is 0. The molecule has 200 valence electrons. The molecule has 0 fully saturated rings. The van der Waals surface area contributed by atoms with Crippen LogP contribution in [0, 0.1) is 6.92 Å². The lowest BCUT2D eigenvalue weighted by Crippen LogP contribution is -2.28. The van der Waals surface area contributed by atoms with E-state index in [4.69, 9.17) is 9.72 Å². The Labute approximate surface area is 226 Å². The third-order valence-corrected chi connectivity index (χ3v) is 7.18. The van der Waals surface area contributed by atoms with Gasteiger partial charge in [0, 0.05) is 36.0 Å². The Morgan fingerprint density at radius 3 is 2.16 bits per heavy atom. The molecule has 0 unspecified atom stereocenters. The molecule has 0 aliphatic heterocycles. The highest BCUT2D eigenvalue weighted by Gasteiger charge is 2.19. The maximum absolute atomic E-state index is 6.48. The first kappa shape index (κ1) is 28.9. The number of hydrogen-bond acceptors (Lipinski definition) is 3. The van der Waals surface area contributed by atoms with Crippen molar-refractivity contribution in [2.45, 2.75) is 99.1 Å². The van der Waals surface area contributed by atoms with E-state index in [1.165, 1.54) is 53.5 Å². The molecule has 3 rings (SSSR count). The Bertz CT molecular complexity index is 1070. The minimum Gasteiger partial charge on any atom is -0.491 e. The van der Waals surface area contributed by atoms with Crippen molar-refractivity contribution in [3.8, 4) is 17.0 Å². The number of unbranched alkanes of at least 4 members (excludes halogenated alkanes) is 3. The van der Waals surface area contributed by atoms with Crippen LogP contribution in [-0.2, 0) is 25.8 Å². The molecule has 3 heteroatoms. The summed E-state index contributed by atoms with van der Waals surface area (Å²) in [7, 11) is 0. The fourth-order valence-corrected chi connectivity index (χ4v) is 5.11. The van der Waals surface area contributed by atoms with Gasteiger partial charge in [0.2, 0.25) is 0 Å². The zero-order chi connectivity index (χ0) is 26.6. The van der Waals surface area contributed by atoms with Crippen LogP contribution in [-0.4, -0.2) is 29.1 Å². The molecule has 1 aromatic heterocycles. The van der Waals surface area contributed by atoms with Crippen LogP contribution in [0.1, 0.15) is 88.2 Å². The third-order valence-electron chi connectivity index (χ3n) is 7.18. The largest absolute Gasteiger partial charge is 0.491 e. The quantitative estimate of drug-likeness (QED) is 0.195. The Morgan fingerprint density at radius 2 is 1.54 bits per heavy atom. The van der Waals surface area contributed by atoms with E-state index in [1.54, 1.807) is 0 Å². The molecule has 0 aliphatic rings. The maximum atomic E-state index is 6.48. The fourth-order valence-electron chi connectivity index (χ4n) is 5.11. The minimum atomic E-state index is 0.114. The number of aromatic nitrogens is 1. The summed E-state index contributed by atoms with van der Waals surface area (Å²) in [5.41, 5.74) is 8.76. The summed E-state index contributed by atoms with van der Waals surface area (Å²) >= 11 is 0. The second-order valence-electron chi connectivity index (χ2n) is 10.5. The summed E-state index contributed by atoms with van der Waals surface area (Å²) in [6.45, 7) is 16.2. The Morgan fingerprint density at radius 1 is 0.838 bits per heavy atom. The van der Waals surface area contributed by atoms with Crippen LogP contribution in [0.5, 0.6) is 5.75 Å². The molecule has 3 nitrogen and oxygen atoms in total. The van der Waals surface area contributed by atoms with E-state index in [2.05, 4.69) is 101 Å². The number of benzene rings is 2. The average Bonchev–Trinajstić information content (AvgIpc) is 2.90. The standard InChI is InChI=1S/C34H48N2O/c1-7-10-11-15-22-36(23-21-28-17-13-12-14-18-28)25-31-27(6)35-32(24-33(31)37-26(4)5)34-29(8-2)19-16-20-30(34)9-3/h12-14,16-20,24,26H,7-11,15,21-23,25H2,1-6H3. The van der Waals surface area contributed by atoms with Crippen molar-refractivity contribution in [3.63, 3.8) is 0 Å². The Balaban J connectivity index is 1.95. The van der Waals surface area contributed by atoms with E-state index in [0.29, 0.717) is 0 Å². The lowest BCUT2D eigenvalue weighted by Gasteiger charge is -2.26. The number of aryl methyl sites for hydroxylation is 3. The number of rotatable bonds is 15. The zero-order valence-corrected chi connectivity index (χ0v) is 24.1. The molecule has 0 spiro atoms.